The number of hydrogen-bond donors (Lipinski definition) is 6. The van der Waals surface area contributed by atoms with E-state index in [0.29, 0.717) is 0 Å². The summed E-state index contributed by atoms with van der Waals surface area (Å²) in [7, 11) is -4.79. The number of carboxylic acids is 1. The number of aliphatic carboxylic acids is 1. The van der Waals surface area contributed by atoms with Crippen LogP contribution in [0.5, 0.6) is 0 Å². The van der Waals surface area contributed by atoms with E-state index in [-0.39, 0.29) is 93.0 Å². The summed E-state index contributed by atoms with van der Waals surface area (Å²) in [4.78, 5) is 26.7. The normalized spacial score (nSPS) is 15.0. The Morgan fingerprint density at radius 2 is 1.53 bits per heavy atom. The molecule has 0 unspecified atom stereocenters. The van der Waals surface area contributed by atoms with E-state index < -0.39 is 45.1 Å². The predicted octanol–water partition coefficient (Wildman–Crippen LogP) is -11.0. The molecule has 0 fully saturated rings. The van der Waals surface area contributed by atoms with Gasteiger partial charge in [0.25, 0.3) is 0 Å². The van der Waals surface area contributed by atoms with Crippen LogP contribution in [-0.2, 0) is 13.9 Å². The van der Waals surface area contributed by atoms with Gasteiger partial charge in [-0.1, -0.05) is 0 Å². The van der Waals surface area contributed by atoms with E-state index in [1.54, 1.807) is 0 Å². The molecule has 6 N–H and O–H groups in total. The van der Waals surface area contributed by atoms with Crippen LogP contribution in [0, 0.1) is 0 Å². The van der Waals surface area contributed by atoms with Crippen molar-refractivity contribution < 1.29 is 137 Å². The average molecular weight is 332 g/mol. The van der Waals surface area contributed by atoms with Crippen molar-refractivity contribution in [2.45, 2.75) is 24.7 Å². The number of phosphoric acid groups is 1. The summed E-state index contributed by atoms with van der Waals surface area (Å²) in [6.45, 7) is -0.928. The van der Waals surface area contributed by atoms with E-state index in [4.69, 9.17) is 30.2 Å². The minimum atomic E-state index is -4.79. The van der Waals surface area contributed by atoms with Gasteiger partial charge in [-0.25, -0.2) is 4.57 Å². The van der Waals surface area contributed by atoms with E-state index in [1.165, 1.54) is 0 Å². The van der Waals surface area contributed by atoms with Crippen molar-refractivity contribution >= 4 is 13.8 Å². The molecule has 0 bridgehead atoms. The summed E-state index contributed by atoms with van der Waals surface area (Å²) < 4.78 is 14.1. The second kappa shape index (κ2) is 14.1. The van der Waals surface area contributed by atoms with E-state index in [1.807, 2.05) is 0 Å². The fourth-order valence-corrected chi connectivity index (χ4v) is 1.18. The molecule has 0 aliphatic carbocycles. The van der Waals surface area contributed by atoms with E-state index in [2.05, 4.69) is 4.52 Å². The van der Waals surface area contributed by atoms with Crippen molar-refractivity contribution in [3.05, 3.63) is 0 Å². The Morgan fingerprint density at radius 1 is 1.11 bits per heavy atom. The Balaban J connectivity index is -0.0000000750. The van der Waals surface area contributed by atoms with E-state index in [0.717, 1.165) is 0 Å². The number of aliphatic hydroxyl groups is 3. The zero-order chi connectivity index (χ0) is 12.9. The molecule has 19 heavy (non-hydrogen) atoms. The van der Waals surface area contributed by atoms with Gasteiger partial charge in [0.05, 0.1) is 19.1 Å². The van der Waals surface area contributed by atoms with Crippen LogP contribution < -0.4 is 88.7 Å². The second-order valence-corrected chi connectivity index (χ2v) is 4.25. The van der Waals surface area contributed by atoms with Gasteiger partial charge in [-0.15, -0.1) is 0 Å². The molecular formula is C6H16Na3O9P. The van der Waals surface area contributed by atoms with Gasteiger partial charge in [-0.3, -0.25) is 9.32 Å². The maximum absolute atomic E-state index is 10.2. The van der Waals surface area contributed by atoms with Crippen molar-refractivity contribution in [1.29, 1.82) is 0 Å². The first kappa shape index (κ1) is 29.5. The monoisotopic (exact) mass is 332 g/mol. The van der Waals surface area contributed by atoms with Gasteiger partial charge in [0.1, 0.15) is 12.2 Å². The topological polar surface area (TPSA) is 165 Å². The van der Waals surface area contributed by atoms with Crippen LogP contribution in [0.1, 0.15) is 10.7 Å². The van der Waals surface area contributed by atoms with Crippen LogP contribution in [0.15, 0.2) is 0 Å². The third-order valence-corrected chi connectivity index (χ3v) is 2.07. The standard InChI is InChI=1S/C6H13O9P.3Na.3H/c7-3(1-5(9)10)6(11)4(8)2-15-16(12,13)14;;;;;;/h3-4,6-8,11H,1-2H2,(H,9,10)(H2,12,13,14);;;;;;/q;3*+1;3*-1/t3-,4+,6+;;;;;;/m0....../s1. The van der Waals surface area contributed by atoms with Gasteiger partial charge in [-0.05, 0) is 0 Å². The molecule has 0 aliphatic rings. The van der Waals surface area contributed by atoms with Gasteiger partial charge in [0.15, 0.2) is 0 Å². The molecule has 13 heteroatoms. The van der Waals surface area contributed by atoms with Gasteiger partial charge in [0, 0.05) is 0 Å². The number of phosphoric ester groups is 1. The molecule has 0 aromatic carbocycles. The Labute approximate surface area is 180 Å². The number of carboxylic acid groups (broad SMARTS) is 1. The molecule has 9 nitrogen and oxygen atoms in total. The van der Waals surface area contributed by atoms with Gasteiger partial charge >= 0.3 is 102 Å². The molecule has 0 radical (unpaired) electrons. The summed E-state index contributed by atoms with van der Waals surface area (Å²) in [6, 6.07) is 0. The smallest absolute Gasteiger partial charge is 1.00 e. The number of aliphatic hydroxyl groups excluding tert-OH is 3. The molecule has 0 aromatic rings. The number of carbonyl (C=O) groups is 1. The van der Waals surface area contributed by atoms with Crippen LogP contribution >= 0.6 is 7.82 Å². The van der Waals surface area contributed by atoms with Crippen LogP contribution in [0.3, 0.4) is 0 Å². The molecule has 0 aliphatic heterocycles. The van der Waals surface area contributed by atoms with Gasteiger partial charge in [-0.2, -0.15) is 0 Å². The van der Waals surface area contributed by atoms with E-state index in [9.17, 15) is 9.36 Å². The third-order valence-electron chi connectivity index (χ3n) is 1.59. The first-order valence-corrected chi connectivity index (χ1v) is 5.62. The predicted molar refractivity (Wildman–Crippen MR) is 51.6 cm³/mol. The number of hydrogen-bond acceptors (Lipinski definition) is 6. The largest absolute Gasteiger partial charge is 1.00 e. The Morgan fingerprint density at radius 3 is 1.84 bits per heavy atom. The van der Waals surface area contributed by atoms with Crippen molar-refractivity contribution in [3.8, 4) is 0 Å². The van der Waals surface area contributed by atoms with Crippen LogP contribution in [-0.4, -0.2) is 61.1 Å². The molecule has 0 aromatic heterocycles. The van der Waals surface area contributed by atoms with Crippen LogP contribution in [0.2, 0.25) is 0 Å². The fraction of sp³-hybridized carbons (Fsp3) is 0.833. The van der Waals surface area contributed by atoms with E-state index >= 15 is 0 Å². The van der Waals surface area contributed by atoms with Crippen molar-refractivity contribution in [3.63, 3.8) is 0 Å². The third kappa shape index (κ3) is 16.7. The van der Waals surface area contributed by atoms with Crippen molar-refractivity contribution in [1.82, 2.24) is 0 Å². The Kier molecular flexibility index (Phi) is 21.8. The summed E-state index contributed by atoms with van der Waals surface area (Å²) in [5.41, 5.74) is 0. The fourth-order valence-electron chi connectivity index (χ4n) is 0.828. The van der Waals surface area contributed by atoms with Crippen molar-refractivity contribution in [2.24, 2.45) is 0 Å². The average Bonchev–Trinajstić information content (AvgIpc) is 2.10. The molecule has 0 spiro atoms. The molecule has 102 valence electrons. The molecular weight excluding hydrogens is 316 g/mol. The van der Waals surface area contributed by atoms with Crippen molar-refractivity contribution in [2.75, 3.05) is 6.61 Å². The summed E-state index contributed by atoms with van der Waals surface area (Å²) in [5, 5.41) is 35.5. The SMILES string of the molecule is O=C(O)C[C@H](O)[C@@H](O)[C@H](O)COP(=O)(O)O.[H-].[H-].[H-].[Na+].[Na+].[Na+]. The first-order chi connectivity index (χ1) is 7.13. The summed E-state index contributed by atoms with van der Waals surface area (Å²) >= 11 is 0. The maximum Gasteiger partial charge on any atom is 1.00 e. The Hall–Kier alpha value is 2.46. The summed E-state index contributed by atoms with van der Waals surface area (Å²) in [6.07, 6.45) is -6.24. The van der Waals surface area contributed by atoms with Crippen LogP contribution in [0.25, 0.3) is 0 Å². The minimum Gasteiger partial charge on any atom is -1.00 e. The zero-order valence-electron chi connectivity index (χ0n) is 14.0. The second-order valence-electron chi connectivity index (χ2n) is 3.01. The summed E-state index contributed by atoms with van der Waals surface area (Å²) in [5.74, 6) is -1.39. The molecule has 0 rings (SSSR count). The molecule has 0 saturated heterocycles. The zero-order valence-corrected chi connectivity index (χ0v) is 17.9. The quantitative estimate of drug-likeness (QED) is 0.196. The first-order valence-electron chi connectivity index (χ1n) is 4.09. The maximum atomic E-state index is 10.2. The van der Waals surface area contributed by atoms with Gasteiger partial charge in [0.2, 0.25) is 0 Å². The van der Waals surface area contributed by atoms with Crippen LogP contribution in [0.4, 0.5) is 0 Å². The number of rotatable bonds is 7. The molecule has 3 atom stereocenters. The molecule has 0 saturated carbocycles. The molecule has 0 heterocycles. The Bertz CT molecular complexity index is 298. The van der Waals surface area contributed by atoms with Gasteiger partial charge < -0.3 is 34.5 Å². The minimum absolute atomic E-state index is 0. The molecule has 0 amide bonds.